The number of alkyl halides is 3. The molecule has 0 radical (unpaired) electrons. The van der Waals surface area contributed by atoms with E-state index in [9.17, 15) is 13.2 Å². The van der Waals surface area contributed by atoms with E-state index in [1.165, 1.54) is 25.3 Å². The molecule has 8 nitrogen and oxygen atoms in total. The highest BCUT2D eigenvalue weighted by atomic mass is 19.4. The predicted molar refractivity (Wildman–Crippen MR) is 101 cm³/mol. The van der Waals surface area contributed by atoms with Gasteiger partial charge in [-0.05, 0) is 31.2 Å². The quantitative estimate of drug-likeness (QED) is 0.516. The summed E-state index contributed by atoms with van der Waals surface area (Å²) in [5, 5.41) is 10.1. The van der Waals surface area contributed by atoms with Crippen molar-refractivity contribution in [3.8, 4) is 23.2 Å². The number of ether oxygens (including phenoxy) is 1. The summed E-state index contributed by atoms with van der Waals surface area (Å²) in [4.78, 5) is 8.52. The molecule has 0 atom stereocenters. The van der Waals surface area contributed by atoms with E-state index in [1.807, 2.05) is 13.1 Å². The third-order valence-corrected chi connectivity index (χ3v) is 4.14. The number of aryl methyl sites for hydroxylation is 1. The zero-order valence-electron chi connectivity index (χ0n) is 15.8. The maximum Gasteiger partial charge on any atom is 0.418 e. The van der Waals surface area contributed by atoms with Gasteiger partial charge in [-0.3, -0.25) is 0 Å². The first-order valence-corrected chi connectivity index (χ1v) is 8.68. The number of anilines is 2. The van der Waals surface area contributed by atoms with Crippen molar-refractivity contribution in [2.45, 2.75) is 13.1 Å². The molecule has 0 fully saturated rings. The van der Waals surface area contributed by atoms with E-state index in [0.717, 1.165) is 11.8 Å². The second kappa shape index (κ2) is 7.50. The Morgan fingerprint density at radius 2 is 1.90 bits per heavy atom. The van der Waals surface area contributed by atoms with Gasteiger partial charge < -0.3 is 19.0 Å². The first kappa shape index (κ1) is 19.4. The molecule has 3 heterocycles. The van der Waals surface area contributed by atoms with E-state index >= 15 is 0 Å². The van der Waals surface area contributed by atoms with Gasteiger partial charge in [-0.15, -0.1) is 5.10 Å². The summed E-state index contributed by atoms with van der Waals surface area (Å²) in [6, 6.07) is 8.17. The predicted octanol–water partition coefficient (Wildman–Crippen LogP) is 4.40. The van der Waals surface area contributed by atoms with Crippen LogP contribution in [0.3, 0.4) is 0 Å². The van der Waals surface area contributed by atoms with Crippen LogP contribution in [0.25, 0.3) is 17.3 Å². The fraction of sp³-hybridized carbons (Fsp3) is 0.158. The number of methoxy groups -OCH3 is 1. The molecule has 0 bridgehead atoms. The Kier molecular flexibility index (Phi) is 4.86. The van der Waals surface area contributed by atoms with Crippen LogP contribution in [0.2, 0.25) is 0 Å². The number of para-hydroxylation sites is 1. The monoisotopic (exact) mass is 416 g/mol. The Morgan fingerprint density at radius 1 is 1.10 bits per heavy atom. The second-order valence-corrected chi connectivity index (χ2v) is 6.23. The van der Waals surface area contributed by atoms with Crippen molar-refractivity contribution >= 4 is 11.7 Å². The van der Waals surface area contributed by atoms with Crippen LogP contribution < -0.4 is 10.1 Å². The van der Waals surface area contributed by atoms with Gasteiger partial charge in [-0.2, -0.15) is 13.2 Å². The Morgan fingerprint density at radius 3 is 2.60 bits per heavy atom. The number of hydrogen-bond donors (Lipinski definition) is 1. The van der Waals surface area contributed by atoms with E-state index in [4.69, 9.17) is 9.15 Å². The highest BCUT2D eigenvalue weighted by Crippen LogP contribution is 2.36. The lowest BCUT2D eigenvalue weighted by molar-refractivity contribution is -0.136. The highest BCUT2D eigenvalue weighted by molar-refractivity contribution is 5.60. The van der Waals surface area contributed by atoms with Crippen molar-refractivity contribution in [1.82, 2.24) is 24.7 Å². The van der Waals surface area contributed by atoms with Gasteiger partial charge in [0, 0.05) is 6.20 Å². The standard InChI is InChI=1S/C19H15F3N6O2/c1-11-9-28(10-23-11)15-8-7-14(24-17(15)29-2)16-26-27-18(30-16)25-13-6-4-3-5-12(13)19(20,21)22/h3-10H,1-2H3,(H,25,27). The van der Waals surface area contributed by atoms with E-state index in [-0.39, 0.29) is 17.6 Å². The number of benzene rings is 1. The van der Waals surface area contributed by atoms with Crippen LogP contribution in [0.5, 0.6) is 5.88 Å². The highest BCUT2D eigenvalue weighted by Gasteiger charge is 2.33. The molecule has 0 unspecified atom stereocenters. The van der Waals surface area contributed by atoms with Gasteiger partial charge in [0.1, 0.15) is 11.4 Å². The number of pyridine rings is 1. The average Bonchev–Trinajstić information content (AvgIpc) is 3.36. The minimum absolute atomic E-state index is 0.0219. The van der Waals surface area contributed by atoms with Gasteiger partial charge in [-0.25, -0.2) is 9.97 Å². The molecule has 1 aromatic carbocycles. The van der Waals surface area contributed by atoms with Crippen LogP contribution in [0.1, 0.15) is 11.3 Å². The molecule has 4 aromatic rings. The molecule has 0 aliphatic heterocycles. The molecule has 4 rings (SSSR count). The van der Waals surface area contributed by atoms with Crippen molar-refractivity contribution in [3.63, 3.8) is 0 Å². The van der Waals surface area contributed by atoms with Gasteiger partial charge >= 0.3 is 12.2 Å². The third-order valence-electron chi connectivity index (χ3n) is 4.14. The summed E-state index contributed by atoms with van der Waals surface area (Å²) in [6.07, 6.45) is -1.09. The summed E-state index contributed by atoms with van der Waals surface area (Å²) in [5.41, 5.74) is 0.741. The van der Waals surface area contributed by atoms with Crippen molar-refractivity contribution < 1.29 is 22.3 Å². The second-order valence-electron chi connectivity index (χ2n) is 6.23. The molecule has 3 aromatic heterocycles. The van der Waals surface area contributed by atoms with Crippen molar-refractivity contribution in [3.05, 3.63) is 60.2 Å². The largest absolute Gasteiger partial charge is 0.479 e. The summed E-state index contributed by atoms with van der Waals surface area (Å²) < 4.78 is 52.0. The third kappa shape index (κ3) is 3.81. The number of imidazole rings is 1. The first-order chi connectivity index (χ1) is 14.3. The fourth-order valence-corrected chi connectivity index (χ4v) is 2.78. The minimum Gasteiger partial charge on any atom is -0.479 e. The first-order valence-electron chi connectivity index (χ1n) is 8.68. The van der Waals surface area contributed by atoms with E-state index in [2.05, 4.69) is 25.5 Å². The van der Waals surface area contributed by atoms with Crippen LogP contribution in [0, 0.1) is 6.92 Å². The van der Waals surface area contributed by atoms with Gasteiger partial charge in [0.05, 0.1) is 30.4 Å². The van der Waals surface area contributed by atoms with E-state index < -0.39 is 11.7 Å². The lowest BCUT2D eigenvalue weighted by atomic mass is 10.2. The molecule has 0 saturated carbocycles. The average molecular weight is 416 g/mol. The van der Waals surface area contributed by atoms with Crippen LogP contribution in [0.4, 0.5) is 24.9 Å². The Bertz CT molecular complexity index is 1180. The zero-order valence-corrected chi connectivity index (χ0v) is 15.8. The molecule has 11 heteroatoms. The number of halogens is 3. The number of aromatic nitrogens is 5. The summed E-state index contributed by atoms with van der Waals surface area (Å²) >= 11 is 0. The van der Waals surface area contributed by atoms with Gasteiger partial charge in [0.2, 0.25) is 5.88 Å². The van der Waals surface area contributed by atoms with Crippen LogP contribution >= 0.6 is 0 Å². The Balaban J connectivity index is 1.62. The molecule has 0 spiro atoms. The maximum absolute atomic E-state index is 13.1. The molecule has 30 heavy (non-hydrogen) atoms. The topological polar surface area (TPSA) is 90.9 Å². The minimum atomic E-state index is -4.52. The number of hydrogen-bond acceptors (Lipinski definition) is 7. The van der Waals surface area contributed by atoms with Gasteiger partial charge in [-0.1, -0.05) is 17.2 Å². The van der Waals surface area contributed by atoms with E-state index in [0.29, 0.717) is 17.3 Å². The van der Waals surface area contributed by atoms with Crippen LogP contribution in [-0.2, 0) is 6.18 Å². The molecular formula is C19H15F3N6O2. The van der Waals surface area contributed by atoms with Gasteiger partial charge in [0.25, 0.3) is 5.89 Å². The van der Waals surface area contributed by atoms with Crippen LogP contribution in [-0.4, -0.2) is 31.8 Å². The molecule has 1 N–H and O–H groups in total. The Hall–Kier alpha value is -3.89. The van der Waals surface area contributed by atoms with Crippen LogP contribution in [0.15, 0.2) is 53.3 Å². The lowest BCUT2D eigenvalue weighted by Crippen LogP contribution is -2.08. The molecule has 154 valence electrons. The number of nitrogens with one attached hydrogen (secondary N) is 1. The Labute approximate surface area is 168 Å². The molecule has 0 amide bonds. The normalized spacial score (nSPS) is 11.5. The summed E-state index contributed by atoms with van der Waals surface area (Å²) in [5.74, 6) is 0.314. The number of nitrogens with zero attached hydrogens (tertiary/aromatic N) is 5. The zero-order chi connectivity index (χ0) is 21.3. The van der Waals surface area contributed by atoms with Crippen molar-refractivity contribution in [1.29, 1.82) is 0 Å². The molecular weight excluding hydrogens is 401 g/mol. The summed E-state index contributed by atoms with van der Waals surface area (Å²) in [6.45, 7) is 1.86. The molecule has 0 aliphatic rings. The smallest absolute Gasteiger partial charge is 0.418 e. The van der Waals surface area contributed by atoms with E-state index in [1.54, 1.807) is 23.0 Å². The SMILES string of the molecule is COc1nc(-c2nnc(Nc3ccccc3C(F)(F)F)o2)ccc1-n1cnc(C)c1. The number of rotatable bonds is 5. The lowest BCUT2D eigenvalue weighted by Gasteiger charge is -2.11. The van der Waals surface area contributed by atoms with Gasteiger partial charge in [0.15, 0.2) is 0 Å². The maximum atomic E-state index is 13.1. The molecule has 0 aliphatic carbocycles. The summed E-state index contributed by atoms with van der Waals surface area (Å²) in [7, 11) is 1.47. The van der Waals surface area contributed by atoms with Crippen molar-refractivity contribution in [2.75, 3.05) is 12.4 Å². The molecule has 0 saturated heterocycles. The van der Waals surface area contributed by atoms with Crippen molar-refractivity contribution in [2.24, 2.45) is 0 Å². The fourth-order valence-electron chi connectivity index (χ4n) is 2.78.